The summed E-state index contributed by atoms with van der Waals surface area (Å²) in [5.41, 5.74) is 0.0136. The zero-order chi connectivity index (χ0) is 11.0. The van der Waals surface area contributed by atoms with E-state index in [1.165, 1.54) is 12.4 Å². The Morgan fingerprint density at radius 1 is 1.60 bits per heavy atom. The van der Waals surface area contributed by atoms with Crippen molar-refractivity contribution in [1.82, 2.24) is 10.0 Å². The maximum absolute atomic E-state index is 10.6. The molecule has 0 aromatic rings. The second-order valence-electron chi connectivity index (χ2n) is 3.69. The van der Waals surface area contributed by atoms with Crippen molar-refractivity contribution in [1.29, 1.82) is 0 Å². The molecule has 6 heteroatoms. The van der Waals surface area contributed by atoms with Crippen molar-refractivity contribution in [2.75, 3.05) is 6.54 Å². The minimum absolute atomic E-state index is 0.0136. The van der Waals surface area contributed by atoms with Crippen LogP contribution in [0.25, 0.3) is 0 Å². The molecule has 2 heterocycles. The SMILES string of the molecule is CC(C)N1CC=C2N=CC([N+](=O)[O-])=CN21. The number of nitro groups is 1. The molecule has 0 N–H and O–H groups in total. The van der Waals surface area contributed by atoms with Gasteiger partial charge in [0.1, 0.15) is 18.2 Å². The summed E-state index contributed by atoms with van der Waals surface area (Å²) in [7, 11) is 0. The number of hydrazine groups is 1. The van der Waals surface area contributed by atoms with Gasteiger partial charge in [0, 0.05) is 12.6 Å². The Bertz CT molecular complexity index is 384. The summed E-state index contributed by atoms with van der Waals surface area (Å²) in [6, 6.07) is 0.288. The van der Waals surface area contributed by atoms with E-state index in [1.807, 2.05) is 24.9 Å². The van der Waals surface area contributed by atoms with Crippen LogP contribution in [0.5, 0.6) is 0 Å². The van der Waals surface area contributed by atoms with E-state index in [1.54, 1.807) is 5.01 Å². The molecule has 2 aliphatic heterocycles. The van der Waals surface area contributed by atoms with Crippen LogP contribution < -0.4 is 0 Å². The largest absolute Gasteiger partial charge is 0.305 e. The molecule has 0 bridgehead atoms. The maximum Gasteiger partial charge on any atom is 0.305 e. The summed E-state index contributed by atoms with van der Waals surface area (Å²) in [6.07, 6.45) is 4.74. The molecular weight excluding hydrogens is 196 g/mol. The van der Waals surface area contributed by atoms with E-state index < -0.39 is 4.92 Å². The monoisotopic (exact) mass is 208 g/mol. The molecule has 6 nitrogen and oxygen atoms in total. The molecule has 0 fully saturated rings. The number of nitrogens with zero attached hydrogens (tertiary/aromatic N) is 4. The molecule has 0 aliphatic carbocycles. The van der Waals surface area contributed by atoms with E-state index in [-0.39, 0.29) is 11.7 Å². The van der Waals surface area contributed by atoms with Gasteiger partial charge < -0.3 is 0 Å². The Morgan fingerprint density at radius 2 is 2.33 bits per heavy atom. The van der Waals surface area contributed by atoms with Crippen LogP contribution in [0.3, 0.4) is 0 Å². The van der Waals surface area contributed by atoms with Gasteiger partial charge in [-0.25, -0.2) is 10.0 Å². The van der Waals surface area contributed by atoms with Crippen LogP contribution in [-0.2, 0) is 0 Å². The molecule has 0 saturated heterocycles. The van der Waals surface area contributed by atoms with Crippen LogP contribution >= 0.6 is 0 Å². The maximum atomic E-state index is 10.6. The summed E-state index contributed by atoms with van der Waals surface area (Å²) < 4.78 is 0. The molecule has 2 rings (SSSR count). The Hall–Kier alpha value is -1.69. The van der Waals surface area contributed by atoms with Crippen LogP contribution in [0.2, 0.25) is 0 Å². The molecule has 15 heavy (non-hydrogen) atoms. The molecule has 0 amide bonds. The van der Waals surface area contributed by atoms with Gasteiger partial charge in [0.25, 0.3) is 0 Å². The van der Waals surface area contributed by atoms with Gasteiger partial charge in [0.2, 0.25) is 0 Å². The lowest BCUT2D eigenvalue weighted by Crippen LogP contribution is -2.40. The molecule has 0 saturated carbocycles. The number of allylic oxidation sites excluding steroid dienone is 1. The number of fused-ring (bicyclic) bond motifs is 1. The number of hydrogen-bond donors (Lipinski definition) is 0. The fourth-order valence-electron chi connectivity index (χ4n) is 1.59. The second kappa shape index (κ2) is 3.47. The van der Waals surface area contributed by atoms with Gasteiger partial charge in [-0.2, -0.15) is 0 Å². The van der Waals surface area contributed by atoms with Crippen LogP contribution in [0.1, 0.15) is 13.8 Å². The molecule has 80 valence electrons. The molecule has 0 aromatic carbocycles. The number of aliphatic imine (C=N–C) groups is 1. The predicted molar refractivity (Wildman–Crippen MR) is 55.3 cm³/mol. The quantitative estimate of drug-likeness (QED) is 0.501. The Labute approximate surface area is 87.3 Å². The van der Waals surface area contributed by atoms with Crippen LogP contribution in [-0.4, -0.2) is 33.7 Å². The van der Waals surface area contributed by atoms with Crippen LogP contribution in [0.4, 0.5) is 0 Å². The average Bonchev–Trinajstić information content (AvgIpc) is 2.59. The second-order valence-corrected chi connectivity index (χ2v) is 3.69. The van der Waals surface area contributed by atoms with Gasteiger partial charge in [0.15, 0.2) is 0 Å². The van der Waals surface area contributed by atoms with Crippen LogP contribution in [0.15, 0.2) is 28.8 Å². The van der Waals surface area contributed by atoms with Crippen molar-refractivity contribution in [3.63, 3.8) is 0 Å². The highest BCUT2D eigenvalue weighted by molar-refractivity contribution is 5.77. The van der Waals surface area contributed by atoms with Crippen molar-refractivity contribution < 1.29 is 4.92 Å². The predicted octanol–water partition coefficient (Wildman–Crippen LogP) is 0.971. The summed E-state index contributed by atoms with van der Waals surface area (Å²) >= 11 is 0. The summed E-state index contributed by atoms with van der Waals surface area (Å²) in [6.45, 7) is 4.81. The molecule has 0 atom stereocenters. The minimum atomic E-state index is -0.433. The van der Waals surface area contributed by atoms with Crippen LogP contribution in [0, 0.1) is 10.1 Å². The Balaban J connectivity index is 2.27. The van der Waals surface area contributed by atoms with E-state index in [9.17, 15) is 10.1 Å². The first-order chi connectivity index (χ1) is 7.09. The fraction of sp³-hybridized carbons (Fsp3) is 0.444. The molecule has 0 aromatic heterocycles. The number of hydrogen-bond acceptors (Lipinski definition) is 5. The van der Waals surface area contributed by atoms with E-state index >= 15 is 0 Å². The molecule has 0 unspecified atom stereocenters. The van der Waals surface area contributed by atoms with Crippen molar-refractivity contribution in [3.8, 4) is 0 Å². The van der Waals surface area contributed by atoms with Gasteiger partial charge in [0.05, 0.1) is 4.92 Å². The first kappa shape index (κ1) is 9.85. The summed E-state index contributed by atoms with van der Waals surface area (Å²) in [5, 5.41) is 14.3. The van der Waals surface area contributed by atoms with Gasteiger partial charge in [-0.3, -0.25) is 15.1 Å². The zero-order valence-corrected chi connectivity index (χ0v) is 8.62. The lowest BCUT2D eigenvalue weighted by atomic mass is 10.4. The van der Waals surface area contributed by atoms with Crippen molar-refractivity contribution in [2.45, 2.75) is 19.9 Å². The Kier molecular flexibility index (Phi) is 2.28. The molecular formula is C9H12N4O2. The Morgan fingerprint density at radius 3 is 2.93 bits per heavy atom. The highest BCUT2D eigenvalue weighted by Gasteiger charge is 2.29. The first-order valence-electron chi connectivity index (χ1n) is 4.76. The van der Waals surface area contributed by atoms with E-state index in [0.29, 0.717) is 0 Å². The highest BCUT2D eigenvalue weighted by atomic mass is 16.6. The van der Waals surface area contributed by atoms with Gasteiger partial charge in [-0.1, -0.05) is 0 Å². The minimum Gasteiger partial charge on any atom is -0.258 e. The normalized spacial score (nSPS) is 20.3. The molecule has 0 radical (unpaired) electrons. The molecule has 0 spiro atoms. The van der Waals surface area contributed by atoms with E-state index in [4.69, 9.17) is 0 Å². The lowest BCUT2D eigenvalue weighted by Gasteiger charge is -2.31. The van der Waals surface area contributed by atoms with Gasteiger partial charge in [-0.15, -0.1) is 0 Å². The van der Waals surface area contributed by atoms with Crippen molar-refractivity contribution in [2.24, 2.45) is 4.99 Å². The van der Waals surface area contributed by atoms with E-state index in [2.05, 4.69) is 4.99 Å². The first-order valence-corrected chi connectivity index (χ1v) is 4.76. The highest BCUT2D eigenvalue weighted by Crippen LogP contribution is 2.24. The van der Waals surface area contributed by atoms with E-state index in [0.717, 1.165) is 12.4 Å². The van der Waals surface area contributed by atoms with Crippen molar-refractivity contribution in [3.05, 3.63) is 33.9 Å². The summed E-state index contributed by atoms with van der Waals surface area (Å²) in [4.78, 5) is 14.2. The zero-order valence-electron chi connectivity index (χ0n) is 8.62. The average molecular weight is 208 g/mol. The lowest BCUT2D eigenvalue weighted by molar-refractivity contribution is -0.415. The third kappa shape index (κ3) is 1.63. The van der Waals surface area contributed by atoms with Gasteiger partial charge >= 0.3 is 5.70 Å². The topological polar surface area (TPSA) is 62.0 Å². The van der Waals surface area contributed by atoms with Gasteiger partial charge in [-0.05, 0) is 19.9 Å². The summed E-state index contributed by atoms with van der Waals surface area (Å²) in [5.74, 6) is 0.759. The fourth-order valence-corrected chi connectivity index (χ4v) is 1.59. The van der Waals surface area contributed by atoms with Crippen molar-refractivity contribution >= 4 is 6.21 Å². The standard InChI is InChI=1S/C9H12N4O2/c1-7(2)11-4-3-9-10-5-8(13(14)15)6-12(9)11/h3,5-7H,4H2,1-2H3. The third-order valence-corrected chi connectivity index (χ3v) is 2.36. The third-order valence-electron chi connectivity index (χ3n) is 2.36. The smallest absolute Gasteiger partial charge is 0.258 e. The molecule has 2 aliphatic rings. The number of rotatable bonds is 2.